The molecule has 16 heavy (non-hydrogen) atoms. The highest BCUT2D eigenvalue weighted by atomic mass is 35.5. The molecule has 0 aliphatic rings. The van der Waals surface area contributed by atoms with E-state index in [0.29, 0.717) is 16.3 Å². The van der Waals surface area contributed by atoms with Gasteiger partial charge in [0.05, 0.1) is 22.9 Å². The van der Waals surface area contributed by atoms with Crippen LogP contribution in [0.15, 0.2) is 18.2 Å². The second-order valence-electron chi connectivity index (χ2n) is 4.23. The first-order valence-electron chi connectivity index (χ1n) is 4.84. The SMILES string of the molecule is CC(C)(CO)NC(=O)c1ccc(Cl)c(N)c1. The number of aliphatic hydroxyl groups excluding tert-OH is 1. The topological polar surface area (TPSA) is 75.3 Å². The Balaban J connectivity index is 2.85. The summed E-state index contributed by atoms with van der Waals surface area (Å²) in [5.41, 5.74) is 5.71. The van der Waals surface area contributed by atoms with Crippen LogP contribution in [0, 0.1) is 0 Å². The van der Waals surface area contributed by atoms with Crippen LogP contribution in [0.25, 0.3) is 0 Å². The molecular weight excluding hydrogens is 228 g/mol. The third-order valence-electron chi connectivity index (χ3n) is 2.11. The average Bonchev–Trinajstić information content (AvgIpc) is 2.21. The zero-order chi connectivity index (χ0) is 12.3. The molecule has 0 heterocycles. The molecular formula is C11H15ClN2O2. The lowest BCUT2D eigenvalue weighted by Gasteiger charge is -2.23. The summed E-state index contributed by atoms with van der Waals surface area (Å²) < 4.78 is 0. The predicted molar refractivity (Wildman–Crippen MR) is 64.5 cm³/mol. The van der Waals surface area contributed by atoms with Crippen molar-refractivity contribution in [2.75, 3.05) is 12.3 Å². The molecule has 0 saturated heterocycles. The van der Waals surface area contributed by atoms with E-state index in [0.717, 1.165) is 0 Å². The lowest BCUT2D eigenvalue weighted by Crippen LogP contribution is -2.46. The molecule has 5 heteroatoms. The summed E-state index contributed by atoms with van der Waals surface area (Å²) in [4.78, 5) is 11.8. The maximum atomic E-state index is 11.8. The summed E-state index contributed by atoms with van der Waals surface area (Å²) >= 11 is 5.75. The van der Waals surface area contributed by atoms with E-state index in [1.165, 1.54) is 6.07 Å². The predicted octanol–water partition coefficient (Wildman–Crippen LogP) is 1.42. The Morgan fingerprint density at radius 3 is 2.69 bits per heavy atom. The van der Waals surface area contributed by atoms with Crippen molar-refractivity contribution in [1.82, 2.24) is 5.32 Å². The van der Waals surface area contributed by atoms with Gasteiger partial charge in [-0.1, -0.05) is 11.6 Å². The number of carbonyl (C=O) groups is 1. The van der Waals surface area contributed by atoms with Crippen LogP contribution in [-0.2, 0) is 0 Å². The lowest BCUT2D eigenvalue weighted by molar-refractivity contribution is 0.0869. The van der Waals surface area contributed by atoms with Crippen LogP contribution in [0.1, 0.15) is 24.2 Å². The Kier molecular flexibility index (Phi) is 3.78. The van der Waals surface area contributed by atoms with Crippen LogP contribution in [0.4, 0.5) is 5.69 Å². The minimum atomic E-state index is -0.661. The van der Waals surface area contributed by atoms with Crippen LogP contribution in [0.2, 0.25) is 5.02 Å². The summed E-state index contributed by atoms with van der Waals surface area (Å²) in [5, 5.41) is 12.1. The number of carbonyl (C=O) groups excluding carboxylic acids is 1. The van der Waals surface area contributed by atoms with Gasteiger partial charge < -0.3 is 16.2 Å². The number of amides is 1. The largest absolute Gasteiger partial charge is 0.398 e. The van der Waals surface area contributed by atoms with Gasteiger partial charge in [-0.15, -0.1) is 0 Å². The molecule has 1 aromatic rings. The summed E-state index contributed by atoms with van der Waals surface area (Å²) in [6.07, 6.45) is 0. The Morgan fingerprint density at radius 1 is 1.56 bits per heavy atom. The monoisotopic (exact) mass is 242 g/mol. The van der Waals surface area contributed by atoms with Crippen molar-refractivity contribution in [2.45, 2.75) is 19.4 Å². The van der Waals surface area contributed by atoms with Crippen molar-refractivity contribution >= 4 is 23.2 Å². The number of rotatable bonds is 3. The second kappa shape index (κ2) is 4.72. The number of nitrogens with two attached hydrogens (primary N) is 1. The minimum absolute atomic E-state index is 0.137. The zero-order valence-electron chi connectivity index (χ0n) is 9.25. The number of nitrogen functional groups attached to an aromatic ring is 1. The molecule has 88 valence electrons. The number of halogens is 1. The standard InChI is InChI=1S/C11H15ClN2O2/c1-11(2,6-15)14-10(16)7-3-4-8(12)9(13)5-7/h3-5,15H,6,13H2,1-2H3,(H,14,16). The van der Waals surface area contributed by atoms with Gasteiger partial charge >= 0.3 is 0 Å². The summed E-state index contributed by atoms with van der Waals surface area (Å²) in [5.74, 6) is -0.289. The fourth-order valence-corrected chi connectivity index (χ4v) is 1.22. The van der Waals surface area contributed by atoms with Crippen LogP contribution in [0.3, 0.4) is 0 Å². The van der Waals surface area contributed by atoms with Crippen molar-refractivity contribution in [2.24, 2.45) is 0 Å². The molecule has 0 spiro atoms. The molecule has 0 fully saturated rings. The van der Waals surface area contributed by atoms with E-state index in [2.05, 4.69) is 5.32 Å². The van der Waals surface area contributed by atoms with Gasteiger partial charge in [-0.2, -0.15) is 0 Å². The van der Waals surface area contributed by atoms with Crippen LogP contribution < -0.4 is 11.1 Å². The fraction of sp³-hybridized carbons (Fsp3) is 0.364. The molecule has 0 aliphatic carbocycles. The Bertz CT molecular complexity index is 405. The highest BCUT2D eigenvalue weighted by molar-refractivity contribution is 6.33. The number of hydrogen-bond donors (Lipinski definition) is 3. The lowest BCUT2D eigenvalue weighted by atomic mass is 10.1. The summed E-state index contributed by atoms with van der Waals surface area (Å²) in [6, 6.07) is 4.66. The summed E-state index contributed by atoms with van der Waals surface area (Å²) in [6.45, 7) is 3.32. The van der Waals surface area contributed by atoms with Crippen LogP contribution >= 0.6 is 11.6 Å². The van der Waals surface area contributed by atoms with E-state index in [4.69, 9.17) is 22.4 Å². The van der Waals surface area contributed by atoms with Crippen molar-refractivity contribution < 1.29 is 9.90 Å². The Labute approximate surface area is 99.4 Å². The van der Waals surface area contributed by atoms with Gasteiger partial charge in [0, 0.05) is 5.56 Å². The van der Waals surface area contributed by atoms with Gasteiger partial charge in [0.2, 0.25) is 0 Å². The quantitative estimate of drug-likeness (QED) is 0.702. The van der Waals surface area contributed by atoms with Crippen molar-refractivity contribution in [3.05, 3.63) is 28.8 Å². The van der Waals surface area contributed by atoms with Gasteiger partial charge in [-0.25, -0.2) is 0 Å². The molecule has 1 rings (SSSR count). The van der Waals surface area contributed by atoms with Crippen molar-refractivity contribution in [3.63, 3.8) is 0 Å². The first-order chi connectivity index (χ1) is 7.35. The van der Waals surface area contributed by atoms with E-state index in [9.17, 15) is 4.79 Å². The number of hydrogen-bond acceptors (Lipinski definition) is 3. The molecule has 0 unspecified atom stereocenters. The maximum Gasteiger partial charge on any atom is 0.251 e. The molecule has 1 amide bonds. The smallest absolute Gasteiger partial charge is 0.251 e. The van der Waals surface area contributed by atoms with E-state index in [1.54, 1.807) is 26.0 Å². The Hall–Kier alpha value is -1.26. The molecule has 0 aliphatic heterocycles. The molecule has 0 radical (unpaired) electrons. The molecule has 0 aromatic heterocycles. The highest BCUT2D eigenvalue weighted by Crippen LogP contribution is 2.19. The normalized spacial score (nSPS) is 11.2. The number of benzene rings is 1. The first kappa shape index (κ1) is 12.8. The average molecular weight is 243 g/mol. The fourth-order valence-electron chi connectivity index (χ4n) is 1.10. The van der Waals surface area contributed by atoms with Crippen molar-refractivity contribution in [1.29, 1.82) is 0 Å². The van der Waals surface area contributed by atoms with E-state index in [-0.39, 0.29) is 12.5 Å². The zero-order valence-corrected chi connectivity index (χ0v) is 10.0. The van der Waals surface area contributed by atoms with E-state index in [1.807, 2.05) is 0 Å². The number of nitrogens with one attached hydrogen (secondary N) is 1. The molecule has 4 nitrogen and oxygen atoms in total. The molecule has 4 N–H and O–H groups in total. The van der Waals surface area contributed by atoms with Crippen molar-refractivity contribution in [3.8, 4) is 0 Å². The molecule has 0 atom stereocenters. The highest BCUT2D eigenvalue weighted by Gasteiger charge is 2.20. The molecule has 0 bridgehead atoms. The first-order valence-corrected chi connectivity index (χ1v) is 5.22. The van der Waals surface area contributed by atoms with Gasteiger partial charge in [-0.05, 0) is 32.0 Å². The molecule has 1 aromatic carbocycles. The summed E-state index contributed by atoms with van der Waals surface area (Å²) in [7, 11) is 0. The van der Waals surface area contributed by atoms with E-state index >= 15 is 0 Å². The van der Waals surface area contributed by atoms with Gasteiger partial charge in [0.25, 0.3) is 5.91 Å². The maximum absolute atomic E-state index is 11.8. The van der Waals surface area contributed by atoms with Crippen LogP contribution in [0.5, 0.6) is 0 Å². The second-order valence-corrected chi connectivity index (χ2v) is 4.64. The van der Waals surface area contributed by atoms with E-state index < -0.39 is 5.54 Å². The van der Waals surface area contributed by atoms with Crippen LogP contribution in [-0.4, -0.2) is 23.2 Å². The minimum Gasteiger partial charge on any atom is -0.398 e. The third kappa shape index (κ3) is 3.12. The van der Waals surface area contributed by atoms with Gasteiger partial charge in [0.1, 0.15) is 0 Å². The third-order valence-corrected chi connectivity index (χ3v) is 2.45. The Morgan fingerprint density at radius 2 is 2.19 bits per heavy atom. The molecule has 0 saturated carbocycles. The number of aliphatic hydroxyl groups is 1. The van der Waals surface area contributed by atoms with Gasteiger partial charge in [-0.3, -0.25) is 4.79 Å². The number of anilines is 1. The van der Waals surface area contributed by atoms with Gasteiger partial charge in [0.15, 0.2) is 0 Å².